The molecule has 1 amide bonds. The number of hydrogen-bond acceptors (Lipinski definition) is 7. The second kappa shape index (κ2) is 9.81. The Labute approximate surface area is 213 Å². The number of imidazole rings is 1. The number of benzene rings is 2. The highest BCUT2D eigenvalue weighted by atomic mass is 16.4. The number of nitrogen functional groups attached to an aromatic ring is 1. The first-order chi connectivity index (χ1) is 17.8. The molecular formula is C27H29N7O3. The molecule has 37 heavy (non-hydrogen) atoms. The third-order valence-electron chi connectivity index (χ3n) is 6.63. The van der Waals surface area contributed by atoms with E-state index in [1.807, 2.05) is 67.3 Å². The van der Waals surface area contributed by atoms with Gasteiger partial charge in [-0.15, -0.1) is 0 Å². The zero-order valence-electron chi connectivity index (χ0n) is 20.7. The number of amides is 1. The van der Waals surface area contributed by atoms with Crippen LogP contribution in [-0.4, -0.2) is 51.1 Å². The summed E-state index contributed by atoms with van der Waals surface area (Å²) in [5.41, 5.74) is 11.5. The smallest absolute Gasteiger partial charge is 0.328 e. The lowest BCUT2D eigenvalue weighted by Gasteiger charge is -2.27. The standard InChI is InChI=1S/C27H29N7O3/c1-3-34(18-7-5-4-6-8-18)14-22(27(36)37)32-26(35)16-9-10-20-17(11-16)12-21(31-20)19-13-23(28)33-25-24(19)29-15(2)30-25/h4-11,13,21-22,31H,3,12,14H2,1-2H3,(H,32,35)(H,36,37)(H3,28,29,30,33). The summed E-state index contributed by atoms with van der Waals surface area (Å²) in [6.07, 6.45) is 0.626. The summed E-state index contributed by atoms with van der Waals surface area (Å²) >= 11 is 0. The van der Waals surface area contributed by atoms with Gasteiger partial charge in [-0.25, -0.2) is 14.8 Å². The number of aryl methyl sites for hydroxylation is 1. The molecule has 190 valence electrons. The van der Waals surface area contributed by atoms with Crippen molar-refractivity contribution in [3.05, 3.63) is 77.1 Å². The number of nitrogens with two attached hydrogens (primary N) is 1. The number of carboxylic acids is 1. The number of carbonyl (C=O) groups is 2. The lowest BCUT2D eigenvalue weighted by molar-refractivity contribution is -0.139. The number of aliphatic carboxylic acids is 1. The Bertz CT molecular complexity index is 1470. The highest BCUT2D eigenvalue weighted by Gasteiger charge is 2.28. The highest BCUT2D eigenvalue weighted by molar-refractivity contribution is 5.97. The summed E-state index contributed by atoms with van der Waals surface area (Å²) in [7, 11) is 0. The summed E-state index contributed by atoms with van der Waals surface area (Å²) in [6, 6.07) is 15.6. The maximum absolute atomic E-state index is 13.1. The molecule has 0 saturated heterocycles. The van der Waals surface area contributed by atoms with E-state index in [4.69, 9.17) is 5.73 Å². The second-order valence-corrected chi connectivity index (χ2v) is 9.17. The summed E-state index contributed by atoms with van der Waals surface area (Å²) < 4.78 is 0. The molecule has 6 N–H and O–H groups in total. The van der Waals surface area contributed by atoms with Crippen LogP contribution in [0.2, 0.25) is 0 Å². The maximum Gasteiger partial charge on any atom is 0.328 e. The minimum atomic E-state index is -1.08. The lowest BCUT2D eigenvalue weighted by atomic mass is 10.0. The van der Waals surface area contributed by atoms with Crippen molar-refractivity contribution >= 4 is 40.2 Å². The van der Waals surface area contributed by atoms with Gasteiger partial charge in [0, 0.05) is 35.6 Å². The quantitative estimate of drug-likeness (QED) is 0.248. The van der Waals surface area contributed by atoms with Crippen molar-refractivity contribution < 1.29 is 14.7 Å². The Kier molecular flexibility index (Phi) is 6.39. The summed E-state index contributed by atoms with van der Waals surface area (Å²) in [4.78, 5) is 39.0. The molecule has 2 aromatic heterocycles. The number of carbonyl (C=O) groups excluding carboxylic acids is 1. The van der Waals surface area contributed by atoms with E-state index in [0.717, 1.165) is 33.8 Å². The number of fused-ring (bicyclic) bond motifs is 2. The first kappa shape index (κ1) is 24.1. The number of carboxylic acid groups (broad SMARTS) is 1. The van der Waals surface area contributed by atoms with Gasteiger partial charge in [-0.05, 0) is 62.2 Å². The molecule has 2 unspecified atom stereocenters. The van der Waals surface area contributed by atoms with Gasteiger partial charge in [0.1, 0.15) is 23.2 Å². The molecule has 2 aromatic carbocycles. The molecule has 1 aliphatic heterocycles. The van der Waals surface area contributed by atoms with E-state index in [1.165, 1.54) is 0 Å². The first-order valence-electron chi connectivity index (χ1n) is 12.2. The molecule has 0 spiro atoms. The molecule has 10 nitrogen and oxygen atoms in total. The van der Waals surface area contributed by atoms with Crippen LogP contribution in [0.1, 0.15) is 40.3 Å². The fraction of sp³-hybridized carbons (Fsp3) is 0.259. The highest BCUT2D eigenvalue weighted by Crippen LogP contribution is 2.37. The summed E-state index contributed by atoms with van der Waals surface area (Å²) in [6.45, 7) is 4.58. The lowest BCUT2D eigenvalue weighted by Crippen LogP contribution is -2.48. The molecule has 5 rings (SSSR count). The monoisotopic (exact) mass is 499 g/mol. The Morgan fingerprint density at radius 1 is 1.19 bits per heavy atom. The Morgan fingerprint density at radius 2 is 1.97 bits per heavy atom. The van der Waals surface area contributed by atoms with Gasteiger partial charge in [-0.3, -0.25) is 4.79 Å². The van der Waals surface area contributed by atoms with Crippen LogP contribution in [0.15, 0.2) is 54.6 Å². The number of nitrogens with zero attached hydrogens (tertiary/aromatic N) is 3. The van der Waals surface area contributed by atoms with Crippen molar-refractivity contribution in [2.45, 2.75) is 32.4 Å². The number of aromatic amines is 1. The van der Waals surface area contributed by atoms with Crippen LogP contribution < -0.4 is 21.3 Å². The molecule has 0 aliphatic carbocycles. The number of aromatic nitrogens is 3. The van der Waals surface area contributed by atoms with Crippen LogP contribution in [-0.2, 0) is 11.2 Å². The molecule has 0 saturated carbocycles. The van der Waals surface area contributed by atoms with Crippen LogP contribution in [0.5, 0.6) is 0 Å². The minimum absolute atomic E-state index is 0.0837. The zero-order valence-corrected chi connectivity index (χ0v) is 20.7. The van der Waals surface area contributed by atoms with Crippen molar-refractivity contribution in [2.24, 2.45) is 0 Å². The van der Waals surface area contributed by atoms with E-state index >= 15 is 0 Å². The van der Waals surface area contributed by atoms with Gasteiger partial charge >= 0.3 is 5.97 Å². The molecule has 0 fully saturated rings. The molecule has 2 atom stereocenters. The number of pyridine rings is 1. The van der Waals surface area contributed by atoms with Gasteiger partial charge in [-0.1, -0.05) is 18.2 Å². The SMILES string of the molecule is CCN(CC(NC(=O)c1ccc2c(c1)CC(c1cc(N)nc3[nH]c(C)nc13)N2)C(=O)O)c1ccccc1. The predicted molar refractivity (Wildman–Crippen MR) is 143 cm³/mol. The van der Waals surface area contributed by atoms with Gasteiger partial charge in [0.15, 0.2) is 5.65 Å². The molecular weight excluding hydrogens is 470 g/mol. The van der Waals surface area contributed by atoms with E-state index < -0.39 is 17.9 Å². The van der Waals surface area contributed by atoms with E-state index in [9.17, 15) is 14.7 Å². The molecule has 10 heteroatoms. The zero-order chi connectivity index (χ0) is 26.1. The fourth-order valence-corrected chi connectivity index (χ4v) is 4.81. The van der Waals surface area contributed by atoms with Crippen molar-refractivity contribution in [2.75, 3.05) is 29.0 Å². The Morgan fingerprint density at radius 3 is 2.70 bits per heavy atom. The Balaban J connectivity index is 1.32. The summed E-state index contributed by atoms with van der Waals surface area (Å²) in [5, 5.41) is 16.0. The van der Waals surface area contributed by atoms with E-state index in [-0.39, 0.29) is 12.6 Å². The maximum atomic E-state index is 13.1. The predicted octanol–water partition coefficient (Wildman–Crippen LogP) is 3.27. The van der Waals surface area contributed by atoms with Crippen LogP contribution in [0.3, 0.4) is 0 Å². The third kappa shape index (κ3) is 4.90. The van der Waals surface area contributed by atoms with Gasteiger partial charge < -0.3 is 31.4 Å². The molecule has 1 aliphatic rings. The number of rotatable bonds is 8. The average molecular weight is 500 g/mol. The van der Waals surface area contributed by atoms with Crippen molar-refractivity contribution in [3.8, 4) is 0 Å². The molecule has 4 aromatic rings. The van der Waals surface area contributed by atoms with Crippen molar-refractivity contribution in [3.63, 3.8) is 0 Å². The number of H-pyrrole nitrogens is 1. The average Bonchev–Trinajstić information content (AvgIpc) is 3.48. The number of anilines is 3. The van der Waals surface area contributed by atoms with E-state index in [1.54, 1.807) is 6.07 Å². The Hall–Kier alpha value is -4.60. The number of likely N-dealkylation sites (N-methyl/N-ethyl adjacent to an activating group) is 1. The number of nitrogens with one attached hydrogen (secondary N) is 3. The second-order valence-electron chi connectivity index (χ2n) is 9.17. The normalized spacial score (nSPS) is 15.1. The van der Waals surface area contributed by atoms with Gasteiger partial charge in [0.25, 0.3) is 5.91 Å². The minimum Gasteiger partial charge on any atom is -0.480 e. The van der Waals surface area contributed by atoms with Crippen molar-refractivity contribution in [1.82, 2.24) is 20.3 Å². The van der Waals surface area contributed by atoms with Crippen molar-refractivity contribution in [1.29, 1.82) is 0 Å². The van der Waals surface area contributed by atoms with Crippen LogP contribution in [0.25, 0.3) is 11.2 Å². The number of para-hydroxylation sites is 1. The van der Waals surface area contributed by atoms with Gasteiger partial charge in [0.2, 0.25) is 0 Å². The summed E-state index contributed by atoms with van der Waals surface area (Å²) in [5.74, 6) is -0.355. The first-order valence-corrected chi connectivity index (χ1v) is 12.2. The largest absolute Gasteiger partial charge is 0.480 e. The third-order valence-corrected chi connectivity index (χ3v) is 6.63. The number of hydrogen-bond donors (Lipinski definition) is 5. The topological polar surface area (TPSA) is 149 Å². The van der Waals surface area contributed by atoms with Crippen LogP contribution in [0.4, 0.5) is 17.2 Å². The fourth-order valence-electron chi connectivity index (χ4n) is 4.81. The van der Waals surface area contributed by atoms with Gasteiger partial charge in [0.05, 0.1) is 6.04 Å². The molecule has 0 radical (unpaired) electrons. The van der Waals surface area contributed by atoms with E-state index in [2.05, 4.69) is 25.6 Å². The van der Waals surface area contributed by atoms with Crippen LogP contribution in [0, 0.1) is 6.92 Å². The van der Waals surface area contributed by atoms with Crippen LogP contribution >= 0.6 is 0 Å². The molecule has 3 heterocycles. The molecule has 0 bridgehead atoms. The van der Waals surface area contributed by atoms with Gasteiger partial charge in [-0.2, -0.15) is 0 Å². The van der Waals surface area contributed by atoms with E-state index in [0.29, 0.717) is 30.0 Å².